The lowest BCUT2D eigenvalue weighted by Gasteiger charge is -2.22. The van der Waals surface area contributed by atoms with Crippen molar-refractivity contribution in [2.45, 2.75) is 25.9 Å². The molecule has 1 heterocycles. The van der Waals surface area contributed by atoms with E-state index in [1.165, 1.54) is 4.90 Å². The number of imide groups is 1. The summed E-state index contributed by atoms with van der Waals surface area (Å²) in [5, 5.41) is 3.19. The van der Waals surface area contributed by atoms with Crippen LogP contribution in [0.3, 0.4) is 0 Å². The maximum absolute atomic E-state index is 13.4. The first kappa shape index (κ1) is 25.1. The Morgan fingerprint density at radius 3 is 2.33 bits per heavy atom. The molecule has 4 amide bonds. The second-order valence-corrected chi connectivity index (χ2v) is 8.57. The maximum atomic E-state index is 13.4. The molecule has 36 heavy (non-hydrogen) atoms. The number of nitrogens with zero attached hydrogens (tertiary/aromatic N) is 2. The minimum absolute atomic E-state index is 0.145. The Kier molecular flexibility index (Phi) is 7.75. The van der Waals surface area contributed by atoms with E-state index in [0.29, 0.717) is 34.5 Å². The van der Waals surface area contributed by atoms with Gasteiger partial charge in [-0.05, 0) is 67.1 Å². The Morgan fingerprint density at radius 1 is 1.00 bits per heavy atom. The molecule has 9 heteroatoms. The number of rotatable bonds is 9. The Bertz CT molecular complexity index is 1250. The van der Waals surface area contributed by atoms with Crippen molar-refractivity contribution in [3.8, 4) is 11.5 Å². The van der Waals surface area contributed by atoms with Gasteiger partial charge in [-0.2, -0.15) is 0 Å². The Hall–Kier alpha value is -4.04. The average Bonchev–Trinajstić information content (AvgIpc) is 3.09. The molecule has 0 saturated carbocycles. The largest absolute Gasteiger partial charge is 0.497 e. The van der Waals surface area contributed by atoms with Crippen LogP contribution in [-0.2, 0) is 16.1 Å². The summed E-state index contributed by atoms with van der Waals surface area (Å²) in [4.78, 5) is 42.3. The highest BCUT2D eigenvalue weighted by atomic mass is 35.5. The van der Waals surface area contributed by atoms with Crippen molar-refractivity contribution in [2.75, 3.05) is 23.9 Å². The van der Waals surface area contributed by atoms with Gasteiger partial charge in [-0.1, -0.05) is 29.8 Å². The lowest BCUT2D eigenvalue weighted by atomic mass is 10.1. The third-order valence-corrected chi connectivity index (χ3v) is 5.96. The zero-order valence-electron chi connectivity index (χ0n) is 19.9. The molecule has 0 aliphatic carbocycles. The van der Waals surface area contributed by atoms with Gasteiger partial charge in [0.05, 0.1) is 25.8 Å². The van der Waals surface area contributed by atoms with Crippen LogP contribution in [0.25, 0.3) is 0 Å². The van der Waals surface area contributed by atoms with E-state index in [4.69, 9.17) is 21.1 Å². The van der Waals surface area contributed by atoms with Gasteiger partial charge in [-0.3, -0.25) is 9.59 Å². The number of amides is 4. The predicted molar refractivity (Wildman–Crippen MR) is 138 cm³/mol. The van der Waals surface area contributed by atoms with Gasteiger partial charge in [0.25, 0.3) is 5.91 Å². The third kappa shape index (κ3) is 5.60. The fourth-order valence-electron chi connectivity index (χ4n) is 3.98. The summed E-state index contributed by atoms with van der Waals surface area (Å²) in [6.45, 7) is 2.57. The summed E-state index contributed by atoms with van der Waals surface area (Å²) >= 11 is 6.11. The number of methoxy groups -OCH3 is 1. The minimum Gasteiger partial charge on any atom is -0.497 e. The molecule has 186 valence electrons. The SMILES string of the molecule is CCOc1ccc(NC(=O)C[C@H]2C(=O)N(c3cccc(Cl)c3)C(=O)N2Cc2ccc(OC)cc2)cc1. The third-order valence-electron chi connectivity index (χ3n) is 5.72. The number of nitrogens with one attached hydrogen (secondary N) is 1. The normalized spacial score (nSPS) is 15.2. The van der Waals surface area contributed by atoms with Crippen LogP contribution in [0.5, 0.6) is 11.5 Å². The molecule has 0 aromatic heterocycles. The summed E-state index contributed by atoms with van der Waals surface area (Å²) < 4.78 is 10.6. The second kappa shape index (κ2) is 11.1. The molecule has 0 spiro atoms. The van der Waals surface area contributed by atoms with Gasteiger partial charge < -0.3 is 19.7 Å². The maximum Gasteiger partial charge on any atom is 0.332 e. The van der Waals surface area contributed by atoms with Crippen LogP contribution in [0, 0.1) is 0 Å². The molecular formula is C27H26ClN3O5. The molecule has 0 bridgehead atoms. The molecule has 1 saturated heterocycles. The fourth-order valence-corrected chi connectivity index (χ4v) is 4.17. The first-order chi connectivity index (χ1) is 17.4. The van der Waals surface area contributed by atoms with Crippen LogP contribution in [0.1, 0.15) is 18.9 Å². The van der Waals surface area contributed by atoms with E-state index in [1.54, 1.807) is 67.8 Å². The van der Waals surface area contributed by atoms with Crippen molar-refractivity contribution < 1.29 is 23.9 Å². The molecule has 1 fully saturated rings. The molecule has 0 unspecified atom stereocenters. The van der Waals surface area contributed by atoms with Gasteiger partial charge in [0.2, 0.25) is 5.91 Å². The number of hydrogen-bond donors (Lipinski definition) is 1. The number of hydrogen-bond acceptors (Lipinski definition) is 5. The second-order valence-electron chi connectivity index (χ2n) is 8.14. The topological polar surface area (TPSA) is 88.2 Å². The van der Waals surface area contributed by atoms with E-state index >= 15 is 0 Å². The van der Waals surface area contributed by atoms with E-state index in [-0.39, 0.29) is 13.0 Å². The van der Waals surface area contributed by atoms with Crippen molar-refractivity contribution in [1.29, 1.82) is 0 Å². The minimum atomic E-state index is -0.985. The Balaban J connectivity index is 1.56. The molecule has 3 aromatic carbocycles. The summed E-state index contributed by atoms with van der Waals surface area (Å²) in [5.41, 5.74) is 1.71. The molecule has 1 aliphatic heterocycles. The Labute approximate surface area is 214 Å². The lowest BCUT2D eigenvalue weighted by Crippen LogP contribution is -2.37. The van der Waals surface area contributed by atoms with Crippen molar-refractivity contribution in [2.24, 2.45) is 0 Å². The lowest BCUT2D eigenvalue weighted by molar-refractivity contribution is -0.124. The van der Waals surface area contributed by atoms with Crippen LogP contribution in [0.4, 0.5) is 16.2 Å². The van der Waals surface area contributed by atoms with E-state index in [9.17, 15) is 14.4 Å². The first-order valence-electron chi connectivity index (χ1n) is 11.5. The number of benzene rings is 3. The summed E-state index contributed by atoms with van der Waals surface area (Å²) in [7, 11) is 1.57. The zero-order valence-corrected chi connectivity index (χ0v) is 20.7. The molecule has 1 atom stereocenters. The number of carbonyl (C=O) groups excluding carboxylic acids is 3. The molecule has 4 rings (SSSR count). The molecule has 8 nitrogen and oxygen atoms in total. The Morgan fingerprint density at radius 2 is 1.69 bits per heavy atom. The molecule has 1 aliphatic rings. The zero-order chi connectivity index (χ0) is 25.7. The number of urea groups is 1. The average molecular weight is 508 g/mol. The number of ether oxygens (including phenoxy) is 2. The summed E-state index contributed by atoms with van der Waals surface area (Å²) in [5.74, 6) is 0.486. The van der Waals surface area contributed by atoms with E-state index < -0.39 is 23.9 Å². The highest BCUT2D eigenvalue weighted by molar-refractivity contribution is 6.31. The number of halogens is 1. The molecular weight excluding hydrogens is 482 g/mol. The molecule has 1 N–H and O–H groups in total. The highest BCUT2D eigenvalue weighted by Gasteiger charge is 2.46. The van der Waals surface area contributed by atoms with Crippen LogP contribution >= 0.6 is 11.6 Å². The van der Waals surface area contributed by atoms with Crippen LogP contribution in [-0.4, -0.2) is 42.5 Å². The van der Waals surface area contributed by atoms with Gasteiger partial charge in [0.15, 0.2) is 0 Å². The smallest absolute Gasteiger partial charge is 0.332 e. The van der Waals surface area contributed by atoms with Gasteiger partial charge in [0, 0.05) is 17.3 Å². The van der Waals surface area contributed by atoms with Crippen molar-refractivity contribution in [1.82, 2.24) is 4.90 Å². The van der Waals surface area contributed by atoms with Crippen molar-refractivity contribution >= 4 is 40.8 Å². The van der Waals surface area contributed by atoms with Crippen LogP contribution in [0.2, 0.25) is 5.02 Å². The summed E-state index contributed by atoms with van der Waals surface area (Å²) in [6, 6.07) is 19.1. The molecule has 3 aromatic rings. The number of carbonyl (C=O) groups is 3. The van der Waals surface area contributed by atoms with Crippen LogP contribution in [0.15, 0.2) is 72.8 Å². The van der Waals surface area contributed by atoms with Gasteiger partial charge in [-0.15, -0.1) is 0 Å². The number of anilines is 2. The van der Waals surface area contributed by atoms with Crippen molar-refractivity contribution in [3.63, 3.8) is 0 Å². The van der Waals surface area contributed by atoms with E-state index in [1.807, 2.05) is 19.1 Å². The van der Waals surface area contributed by atoms with E-state index in [0.717, 1.165) is 10.5 Å². The first-order valence-corrected chi connectivity index (χ1v) is 11.8. The van der Waals surface area contributed by atoms with Crippen molar-refractivity contribution in [3.05, 3.63) is 83.4 Å². The summed E-state index contributed by atoms with van der Waals surface area (Å²) in [6.07, 6.45) is -0.203. The monoisotopic (exact) mass is 507 g/mol. The quantitative estimate of drug-likeness (QED) is 0.406. The van der Waals surface area contributed by atoms with Gasteiger partial charge >= 0.3 is 6.03 Å². The highest BCUT2D eigenvalue weighted by Crippen LogP contribution is 2.30. The predicted octanol–water partition coefficient (Wildman–Crippen LogP) is 5.11. The standard InChI is InChI=1S/C27H26ClN3O5/c1-3-36-23-13-9-20(10-14-23)29-25(32)16-24-26(33)31(21-6-4-5-19(28)15-21)27(34)30(24)17-18-7-11-22(35-2)12-8-18/h4-15,24H,3,16-17H2,1-2H3,(H,29,32)/t24-/m0/s1. The van der Waals surface area contributed by atoms with Gasteiger partial charge in [0.1, 0.15) is 17.5 Å². The van der Waals surface area contributed by atoms with Gasteiger partial charge in [-0.25, -0.2) is 9.69 Å². The van der Waals surface area contributed by atoms with Crippen LogP contribution < -0.4 is 19.7 Å². The fraction of sp³-hybridized carbons (Fsp3) is 0.222. The molecule has 0 radical (unpaired) electrons. The van der Waals surface area contributed by atoms with E-state index in [2.05, 4.69) is 5.32 Å².